The minimum atomic E-state index is -0.334. The number of nitrogens with one attached hydrogen (secondary N) is 1. The molecule has 1 heterocycles. The lowest BCUT2D eigenvalue weighted by Gasteiger charge is -2.19. The van der Waals surface area contributed by atoms with Gasteiger partial charge in [-0.2, -0.15) is 5.10 Å². The van der Waals surface area contributed by atoms with Crippen LogP contribution in [0.15, 0.2) is 12.7 Å². The Morgan fingerprint density at radius 3 is 2.63 bits per heavy atom. The summed E-state index contributed by atoms with van der Waals surface area (Å²) >= 11 is 5.24. The lowest BCUT2D eigenvalue weighted by Crippen LogP contribution is -2.15. The molecule has 0 unspecified atom stereocenters. The number of nitrogens with zero attached hydrogens (tertiary/aromatic N) is 2. The van der Waals surface area contributed by atoms with Gasteiger partial charge in [0.1, 0.15) is 5.82 Å². The molecule has 0 aromatic carbocycles. The monoisotopic (exact) mass is 283 g/mol. The lowest BCUT2D eigenvalue weighted by atomic mass is 9.92. The van der Waals surface area contributed by atoms with Crippen LogP contribution in [0.1, 0.15) is 51.8 Å². The van der Waals surface area contributed by atoms with E-state index in [2.05, 4.69) is 30.6 Å². The summed E-state index contributed by atoms with van der Waals surface area (Å²) in [6.07, 6.45) is 4.32. The quantitative estimate of drug-likeness (QED) is 0.568. The molecule has 1 rings (SSSR count). The Kier molecular flexibility index (Phi) is 6.45. The topological polar surface area (TPSA) is 53.8 Å². The average Bonchev–Trinajstić information content (AvgIpc) is 2.67. The second kappa shape index (κ2) is 7.60. The molecule has 4 nitrogen and oxygen atoms in total. The summed E-state index contributed by atoms with van der Waals surface area (Å²) in [6, 6.07) is 0. The highest BCUT2D eigenvalue weighted by Crippen LogP contribution is 2.27. The number of hydrogen-bond donors (Lipinski definition) is 2. The molecule has 108 valence electrons. The van der Waals surface area contributed by atoms with Gasteiger partial charge in [-0.05, 0) is 37.9 Å². The normalized spacial score (nSPS) is 14.6. The maximum atomic E-state index is 9.68. The van der Waals surface area contributed by atoms with Crippen molar-refractivity contribution in [1.29, 1.82) is 0 Å². The number of aromatic nitrogens is 3. The van der Waals surface area contributed by atoms with E-state index in [0.29, 0.717) is 23.7 Å². The van der Waals surface area contributed by atoms with E-state index in [4.69, 9.17) is 12.2 Å². The van der Waals surface area contributed by atoms with Crippen LogP contribution in [0.25, 0.3) is 0 Å². The molecule has 5 heteroatoms. The zero-order valence-electron chi connectivity index (χ0n) is 12.1. The predicted molar refractivity (Wildman–Crippen MR) is 80.7 cm³/mol. The highest BCUT2D eigenvalue weighted by molar-refractivity contribution is 7.71. The SMILES string of the molecule is C=CCn1c([C@@H](CCC(C)C)C[C@H](C)O)n[nH]c1=S. The molecular weight excluding hydrogens is 258 g/mol. The molecule has 2 N–H and O–H groups in total. The van der Waals surface area contributed by atoms with E-state index in [9.17, 15) is 5.11 Å². The van der Waals surface area contributed by atoms with Crippen LogP contribution < -0.4 is 0 Å². The number of allylic oxidation sites excluding steroid dienone is 1. The summed E-state index contributed by atoms with van der Waals surface area (Å²) < 4.78 is 2.59. The van der Waals surface area contributed by atoms with Crippen molar-refractivity contribution in [2.24, 2.45) is 5.92 Å². The van der Waals surface area contributed by atoms with Crippen LogP contribution in [-0.2, 0) is 6.54 Å². The van der Waals surface area contributed by atoms with Gasteiger partial charge in [0.05, 0.1) is 6.10 Å². The van der Waals surface area contributed by atoms with Crippen LogP contribution in [0.2, 0.25) is 0 Å². The van der Waals surface area contributed by atoms with Crippen LogP contribution in [0.4, 0.5) is 0 Å². The Bertz CT molecular complexity index is 448. The fraction of sp³-hybridized carbons (Fsp3) is 0.714. The summed E-state index contributed by atoms with van der Waals surface area (Å²) in [5.74, 6) is 1.81. The van der Waals surface area contributed by atoms with Crippen molar-refractivity contribution in [2.75, 3.05) is 0 Å². The molecule has 0 spiro atoms. The third-order valence-electron chi connectivity index (χ3n) is 3.18. The van der Waals surface area contributed by atoms with Gasteiger partial charge in [-0.25, -0.2) is 0 Å². The summed E-state index contributed by atoms with van der Waals surface area (Å²) in [5.41, 5.74) is 0. The van der Waals surface area contributed by atoms with Crippen molar-refractivity contribution < 1.29 is 5.11 Å². The van der Waals surface area contributed by atoms with Gasteiger partial charge in [-0.3, -0.25) is 5.10 Å². The molecule has 2 atom stereocenters. The smallest absolute Gasteiger partial charge is 0.195 e. The van der Waals surface area contributed by atoms with Crippen molar-refractivity contribution in [3.05, 3.63) is 23.3 Å². The molecule has 0 amide bonds. The molecule has 0 saturated carbocycles. The van der Waals surface area contributed by atoms with Crippen LogP contribution in [0.5, 0.6) is 0 Å². The Labute approximate surface area is 120 Å². The first kappa shape index (κ1) is 16.1. The number of rotatable bonds is 8. The number of hydrogen-bond acceptors (Lipinski definition) is 3. The van der Waals surface area contributed by atoms with Crippen molar-refractivity contribution >= 4 is 12.2 Å². The molecular formula is C14H25N3OS. The van der Waals surface area contributed by atoms with E-state index in [0.717, 1.165) is 18.7 Å². The largest absolute Gasteiger partial charge is 0.393 e. The molecule has 19 heavy (non-hydrogen) atoms. The van der Waals surface area contributed by atoms with Gasteiger partial charge in [0.15, 0.2) is 4.77 Å². The van der Waals surface area contributed by atoms with Gasteiger partial charge >= 0.3 is 0 Å². The number of aliphatic hydroxyl groups excluding tert-OH is 1. The van der Waals surface area contributed by atoms with Crippen molar-refractivity contribution in [3.63, 3.8) is 0 Å². The van der Waals surface area contributed by atoms with E-state index >= 15 is 0 Å². The summed E-state index contributed by atoms with van der Waals surface area (Å²) in [6.45, 7) is 10.6. The average molecular weight is 283 g/mol. The van der Waals surface area contributed by atoms with Crippen LogP contribution in [0, 0.1) is 10.7 Å². The second-order valence-corrected chi connectivity index (χ2v) is 5.93. The molecule has 0 bridgehead atoms. The zero-order valence-corrected chi connectivity index (χ0v) is 12.9. The number of H-pyrrole nitrogens is 1. The summed E-state index contributed by atoms with van der Waals surface area (Å²) in [4.78, 5) is 0. The van der Waals surface area contributed by atoms with Gasteiger partial charge in [0.2, 0.25) is 0 Å². The van der Waals surface area contributed by atoms with Crippen molar-refractivity contribution in [3.8, 4) is 0 Å². The molecule has 1 aromatic heterocycles. The Morgan fingerprint density at radius 1 is 1.42 bits per heavy atom. The molecule has 0 aliphatic carbocycles. The second-order valence-electron chi connectivity index (χ2n) is 5.54. The van der Waals surface area contributed by atoms with E-state index in [-0.39, 0.29) is 12.0 Å². The Hall–Kier alpha value is -0.940. The van der Waals surface area contributed by atoms with E-state index in [1.807, 2.05) is 17.6 Å². The van der Waals surface area contributed by atoms with Crippen molar-refractivity contribution in [1.82, 2.24) is 14.8 Å². The highest BCUT2D eigenvalue weighted by Gasteiger charge is 2.20. The standard InChI is InChI=1S/C14H25N3OS/c1-5-8-17-13(15-16-14(17)19)12(9-11(4)18)7-6-10(2)3/h5,10-12,18H,1,6-9H2,2-4H3,(H,16,19)/t11-,12-/m0/s1. The highest BCUT2D eigenvalue weighted by atomic mass is 32.1. The Balaban J connectivity index is 2.95. The first-order valence-electron chi connectivity index (χ1n) is 6.89. The van der Waals surface area contributed by atoms with Crippen molar-refractivity contribution in [2.45, 2.75) is 58.6 Å². The molecule has 0 radical (unpaired) electrons. The summed E-state index contributed by atoms with van der Waals surface area (Å²) in [5, 5.41) is 16.9. The first-order valence-corrected chi connectivity index (χ1v) is 7.30. The van der Waals surface area contributed by atoms with Gasteiger partial charge in [0.25, 0.3) is 0 Å². The molecule has 0 saturated heterocycles. The molecule has 0 aliphatic rings. The molecule has 0 fully saturated rings. The van der Waals surface area contributed by atoms with Gasteiger partial charge in [-0.1, -0.05) is 26.3 Å². The van der Waals surface area contributed by atoms with E-state index in [1.165, 1.54) is 0 Å². The van der Waals surface area contributed by atoms with E-state index in [1.54, 1.807) is 0 Å². The fourth-order valence-electron chi connectivity index (χ4n) is 2.25. The number of aromatic amines is 1. The van der Waals surface area contributed by atoms with Crippen LogP contribution in [-0.4, -0.2) is 26.0 Å². The van der Waals surface area contributed by atoms with E-state index < -0.39 is 0 Å². The predicted octanol–water partition coefficient (Wildman–Crippen LogP) is 3.42. The Morgan fingerprint density at radius 2 is 2.11 bits per heavy atom. The third-order valence-corrected chi connectivity index (χ3v) is 3.49. The van der Waals surface area contributed by atoms with Gasteiger partial charge in [0, 0.05) is 12.5 Å². The van der Waals surface area contributed by atoms with Crippen LogP contribution in [0.3, 0.4) is 0 Å². The minimum absolute atomic E-state index is 0.232. The summed E-state index contributed by atoms with van der Waals surface area (Å²) in [7, 11) is 0. The van der Waals surface area contributed by atoms with Gasteiger partial charge < -0.3 is 9.67 Å². The minimum Gasteiger partial charge on any atom is -0.393 e. The third kappa shape index (κ3) is 4.91. The molecule has 1 aromatic rings. The lowest BCUT2D eigenvalue weighted by molar-refractivity contribution is 0.169. The number of aliphatic hydroxyl groups is 1. The zero-order chi connectivity index (χ0) is 14.4. The maximum absolute atomic E-state index is 9.68. The fourth-order valence-corrected chi connectivity index (χ4v) is 2.46. The maximum Gasteiger partial charge on any atom is 0.195 e. The van der Waals surface area contributed by atoms with Crippen LogP contribution >= 0.6 is 12.2 Å². The molecule has 0 aliphatic heterocycles. The first-order chi connectivity index (χ1) is 8.95. The van der Waals surface area contributed by atoms with Gasteiger partial charge in [-0.15, -0.1) is 6.58 Å².